The molecule has 0 saturated heterocycles. The number of aromatic nitrogens is 2. The number of rotatable bonds is 5. The topological polar surface area (TPSA) is 84.3 Å². The van der Waals surface area contributed by atoms with Crippen molar-refractivity contribution in [3.8, 4) is 0 Å². The van der Waals surface area contributed by atoms with Crippen LogP contribution in [0.4, 0.5) is 5.82 Å². The molecule has 0 aliphatic carbocycles. The third-order valence-electron chi connectivity index (χ3n) is 2.26. The Morgan fingerprint density at radius 1 is 1.47 bits per heavy atom. The van der Waals surface area contributed by atoms with E-state index in [-0.39, 0.29) is 17.8 Å². The molecule has 1 aromatic rings. The summed E-state index contributed by atoms with van der Waals surface area (Å²) in [5.41, 5.74) is -0.117. The first kappa shape index (κ1) is 13.4. The number of ether oxygens (including phenoxy) is 1. The first-order valence-electron chi connectivity index (χ1n) is 5.29. The normalized spacial score (nSPS) is 11.1. The highest BCUT2D eigenvalue weighted by molar-refractivity contribution is 5.86. The standard InChI is InChI=1S/C11H17N3O3/c1-11(2,6-7-15)12-9-5-4-8(13-14-9)10(16)17-3/h4-5,15H,6-7H2,1-3H3,(H,12,14). The minimum atomic E-state index is -0.515. The Morgan fingerprint density at radius 2 is 2.18 bits per heavy atom. The van der Waals surface area contributed by atoms with Gasteiger partial charge in [0.05, 0.1) is 7.11 Å². The van der Waals surface area contributed by atoms with Crippen molar-refractivity contribution in [2.45, 2.75) is 25.8 Å². The summed E-state index contributed by atoms with van der Waals surface area (Å²) in [7, 11) is 1.29. The van der Waals surface area contributed by atoms with Crippen LogP contribution in [-0.2, 0) is 4.74 Å². The predicted octanol–water partition coefficient (Wildman–Crippen LogP) is 0.836. The van der Waals surface area contributed by atoms with Crippen LogP contribution in [-0.4, -0.2) is 40.5 Å². The van der Waals surface area contributed by atoms with E-state index in [1.165, 1.54) is 13.2 Å². The lowest BCUT2D eigenvalue weighted by Crippen LogP contribution is -2.32. The molecule has 6 heteroatoms. The lowest BCUT2D eigenvalue weighted by atomic mass is 10.0. The van der Waals surface area contributed by atoms with Gasteiger partial charge in [-0.05, 0) is 32.4 Å². The molecule has 0 bridgehead atoms. The summed E-state index contributed by atoms with van der Waals surface area (Å²) >= 11 is 0. The first-order valence-corrected chi connectivity index (χ1v) is 5.29. The van der Waals surface area contributed by atoms with Gasteiger partial charge in [0.15, 0.2) is 5.69 Å². The summed E-state index contributed by atoms with van der Waals surface area (Å²) in [5.74, 6) is 0.0368. The zero-order chi connectivity index (χ0) is 12.9. The number of methoxy groups -OCH3 is 1. The number of esters is 1. The van der Waals surface area contributed by atoms with E-state index in [0.717, 1.165) is 0 Å². The molecule has 0 unspecified atom stereocenters. The molecular formula is C11H17N3O3. The van der Waals surface area contributed by atoms with Gasteiger partial charge in [-0.2, -0.15) is 0 Å². The van der Waals surface area contributed by atoms with Gasteiger partial charge in [0, 0.05) is 12.1 Å². The highest BCUT2D eigenvalue weighted by atomic mass is 16.5. The monoisotopic (exact) mass is 239 g/mol. The van der Waals surface area contributed by atoms with Crippen LogP contribution in [0.1, 0.15) is 30.8 Å². The second-order valence-electron chi connectivity index (χ2n) is 4.28. The lowest BCUT2D eigenvalue weighted by Gasteiger charge is -2.25. The summed E-state index contributed by atoms with van der Waals surface area (Å²) in [4.78, 5) is 11.1. The third kappa shape index (κ3) is 3.99. The molecule has 0 fully saturated rings. The van der Waals surface area contributed by atoms with Crippen molar-refractivity contribution >= 4 is 11.8 Å². The molecular weight excluding hydrogens is 222 g/mol. The molecule has 0 radical (unpaired) electrons. The molecule has 1 aromatic heterocycles. The largest absolute Gasteiger partial charge is 0.464 e. The smallest absolute Gasteiger partial charge is 0.358 e. The van der Waals surface area contributed by atoms with Crippen molar-refractivity contribution in [1.82, 2.24) is 10.2 Å². The molecule has 0 aliphatic heterocycles. The summed E-state index contributed by atoms with van der Waals surface area (Å²) in [6.07, 6.45) is 0.591. The van der Waals surface area contributed by atoms with Crippen LogP contribution in [0.2, 0.25) is 0 Å². The van der Waals surface area contributed by atoms with Crippen molar-refractivity contribution in [2.24, 2.45) is 0 Å². The maximum Gasteiger partial charge on any atom is 0.358 e. The van der Waals surface area contributed by atoms with Gasteiger partial charge < -0.3 is 15.2 Å². The molecule has 6 nitrogen and oxygen atoms in total. The van der Waals surface area contributed by atoms with Gasteiger partial charge in [-0.1, -0.05) is 0 Å². The van der Waals surface area contributed by atoms with Crippen LogP contribution in [0.15, 0.2) is 12.1 Å². The Balaban J connectivity index is 2.71. The number of anilines is 1. The Labute approximate surface area is 100 Å². The van der Waals surface area contributed by atoms with Gasteiger partial charge in [-0.3, -0.25) is 0 Å². The Bertz CT molecular complexity index is 376. The van der Waals surface area contributed by atoms with Gasteiger partial charge in [0.25, 0.3) is 0 Å². The molecule has 2 N–H and O–H groups in total. The Morgan fingerprint density at radius 3 is 2.65 bits per heavy atom. The second-order valence-corrected chi connectivity index (χ2v) is 4.28. The zero-order valence-corrected chi connectivity index (χ0v) is 10.2. The van der Waals surface area contributed by atoms with Gasteiger partial charge in [-0.25, -0.2) is 4.79 Å². The molecule has 17 heavy (non-hydrogen) atoms. The van der Waals surface area contributed by atoms with Gasteiger partial charge >= 0.3 is 5.97 Å². The molecule has 0 aliphatic rings. The molecule has 94 valence electrons. The molecule has 0 saturated carbocycles. The summed E-state index contributed by atoms with van der Waals surface area (Å²) in [5, 5.41) is 19.6. The lowest BCUT2D eigenvalue weighted by molar-refractivity contribution is 0.0593. The Hall–Kier alpha value is -1.69. The average Bonchev–Trinajstić information content (AvgIpc) is 2.28. The molecule has 0 atom stereocenters. The maximum atomic E-state index is 11.1. The van der Waals surface area contributed by atoms with E-state index in [1.54, 1.807) is 6.07 Å². The number of hydrogen-bond acceptors (Lipinski definition) is 6. The molecule has 0 amide bonds. The number of nitrogens with zero attached hydrogens (tertiary/aromatic N) is 2. The minimum Gasteiger partial charge on any atom is -0.464 e. The van der Waals surface area contributed by atoms with Gasteiger partial charge in [0.2, 0.25) is 0 Å². The first-order chi connectivity index (χ1) is 7.98. The van der Waals surface area contributed by atoms with Crippen molar-refractivity contribution in [3.63, 3.8) is 0 Å². The van der Waals surface area contributed by atoms with E-state index in [1.807, 2.05) is 13.8 Å². The fraction of sp³-hybridized carbons (Fsp3) is 0.545. The van der Waals surface area contributed by atoms with Crippen LogP contribution in [0, 0.1) is 0 Å². The molecule has 1 rings (SSSR count). The molecule has 1 heterocycles. The van der Waals surface area contributed by atoms with E-state index in [4.69, 9.17) is 5.11 Å². The summed E-state index contributed by atoms with van der Waals surface area (Å²) in [6.45, 7) is 3.98. The number of aliphatic hydroxyl groups excluding tert-OH is 1. The van der Waals surface area contributed by atoms with Crippen molar-refractivity contribution in [1.29, 1.82) is 0 Å². The van der Waals surface area contributed by atoms with Gasteiger partial charge in [0.1, 0.15) is 5.82 Å². The fourth-order valence-electron chi connectivity index (χ4n) is 1.30. The number of aliphatic hydroxyl groups is 1. The number of nitrogens with one attached hydrogen (secondary N) is 1. The van der Waals surface area contributed by atoms with Crippen molar-refractivity contribution in [2.75, 3.05) is 19.0 Å². The summed E-state index contributed by atoms with van der Waals surface area (Å²) in [6, 6.07) is 3.19. The highest BCUT2D eigenvalue weighted by Crippen LogP contribution is 2.15. The Kier molecular flexibility index (Phi) is 4.39. The van der Waals surface area contributed by atoms with Crippen LogP contribution in [0.25, 0.3) is 0 Å². The van der Waals surface area contributed by atoms with Crippen LogP contribution < -0.4 is 5.32 Å². The fourth-order valence-corrected chi connectivity index (χ4v) is 1.30. The van der Waals surface area contributed by atoms with Crippen molar-refractivity contribution < 1.29 is 14.6 Å². The highest BCUT2D eigenvalue weighted by Gasteiger charge is 2.17. The second kappa shape index (κ2) is 5.58. The maximum absolute atomic E-state index is 11.1. The van der Waals surface area contributed by atoms with E-state index in [9.17, 15) is 4.79 Å². The van der Waals surface area contributed by atoms with E-state index < -0.39 is 5.97 Å². The SMILES string of the molecule is COC(=O)c1ccc(NC(C)(C)CCO)nn1. The molecule has 0 aromatic carbocycles. The van der Waals surface area contributed by atoms with E-state index in [2.05, 4.69) is 20.3 Å². The minimum absolute atomic E-state index is 0.0909. The van der Waals surface area contributed by atoms with Crippen LogP contribution in [0.3, 0.4) is 0 Å². The number of carbonyl (C=O) groups excluding carboxylic acids is 1. The average molecular weight is 239 g/mol. The van der Waals surface area contributed by atoms with Gasteiger partial charge in [-0.15, -0.1) is 10.2 Å². The van der Waals surface area contributed by atoms with Crippen LogP contribution >= 0.6 is 0 Å². The predicted molar refractivity (Wildman–Crippen MR) is 62.8 cm³/mol. The number of carbonyl (C=O) groups is 1. The van der Waals surface area contributed by atoms with E-state index in [0.29, 0.717) is 12.2 Å². The number of hydrogen-bond donors (Lipinski definition) is 2. The van der Waals surface area contributed by atoms with Crippen LogP contribution in [0.5, 0.6) is 0 Å². The summed E-state index contributed by atoms with van der Waals surface area (Å²) < 4.78 is 4.52. The van der Waals surface area contributed by atoms with E-state index >= 15 is 0 Å². The molecule has 0 spiro atoms. The van der Waals surface area contributed by atoms with Crippen molar-refractivity contribution in [3.05, 3.63) is 17.8 Å². The third-order valence-corrected chi connectivity index (χ3v) is 2.26. The quantitative estimate of drug-likeness (QED) is 0.740. The zero-order valence-electron chi connectivity index (χ0n) is 10.2.